The molecule has 3 aromatic rings. The molecule has 0 amide bonds. The molecule has 0 aliphatic carbocycles. The van der Waals surface area contributed by atoms with Crippen LogP contribution in [-0.2, 0) is 14.3 Å². The van der Waals surface area contributed by atoms with Gasteiger partial charge in [0.1, 0.15) is 12.6 Å². The lowest BCUT2D eigenvalue weighted by Crippen LogP contribution is -2.36. The lowest BCUT2D eigenvalue weighted by molar-refractivity contribution is -0.138. The Balaban J connectivity index is 1.40. The molecule has 2 aliphatic heterocycles. The Kier molecular flexibility index (Phi) is 10.3. The number of benzene rings is 2. The van der Waals surface area contributed by atoms with E-state index in [0.29, 0.717) is 45.1 Å². The van der Waals surface area contributed by atoms with Crippen LogP contribution in [0.2, 0.25) is 10.0 Å². The molecule has 214 valence electrons. The third-order valence-corrected chi connectivity index (χ3v) is 7.77. The Morgan fingerprint density at radius 2 is 1.88 bits per heavy atom. The maximum Gasteiger partial charge on any atom is 0.338 e. The summed E-state index contributed by atoms with van der Waals surface area (Å²) >= 11 is 12.6. The van der Waals surface area contributed by atoms with Crippen LogP contribution >= 0.6 is 23.2 Å². The Morgan fingerprint density at radius 3 is 2.63 bits per heavy atom. The van der Waals surface area contributed by atoms with Crippen LogP contribution < -0.4 is 5.32 Å². The first-order chi connectivity index (χ1) is 20.1. The van der Waals surface area contributed by atoms with Crippen LogP contribution in [-0.4, -0.2) is 56.2 Å². The highest BCUT2D eigenvalue weighted by molar-refractivity contribution is 6.42. The van der Waals surface area contributed by atoms with Gasteiger partial charge in [-0.25, -0.2) is 4.79 Å². The highest BCUT2D eigenvalue weighted by Gasteiger charge is 2.33. The Bertz CT molecular complexity index is 1400. The summed E-state index contributed by atoms with van der Waals surface area (Å²) < 4.78 is 17.5. The molecule has 1 N–H and O–H groups in total. The molecule has 0 radical (unpaired) electrons. The second kappa shape index (κ2) is 14.5. The van der Waals surface area contributed by atoms with E-state index in [0.717, 1.165) is 25.2 Å². The minimum absolute atomic E-state index is 0.100. The first-order valence-corrected chi connectivity index (χ1v) is 14.6. The number of hydrogen-bond acceptors (Lipinski definition) is 7. The van der Waals surface area contributed by atoms with Gasteiger partial charge >= 0.3 is 5.97 Å². The number of piperidine rings is 1. The van der Waals surface area contributed by atoms with Gasteiger partial charge in [0.2, 0.25) is 0 Å². The van der Waals surface area contributed by atoms with E-state index >= 15 is 0 Å². The molecule has 2 aliphatic rings. The van der Waals surface area contributed by atoms with Crippen molar-refractivity contribution in [3.8, 4) is 0 Å². The van der Waals surface area contributed by atoms with Crippen molar-refractivity contribution < 1.29 is 18.7 Å². The fourth-order valence-electron chi connectivity index (χ4n) is 4.91. The number of ether oxygens (including phenoxy) is 2. The molecule has 0 spiro atoms. The molecular weight excluding hydrogens is 561 g/mol. The number of rotatable bonds is 11. The van der Waals surface area contributed by atoms with E-state index in [2.05, 4.69) is 10.2 Å². The molecule has 3 heterocycles. The zero-order chi connectivity index (χ0) is 28.4. The second-order valence-corrected chi connectivity index (χ2v) is 10.7. The minimum Gasteiger partial charge on any atom is -0.461 e. The summed E-state index contributed by atoms with van der Waals surface area (Å²) in [5.74, 6) is 0.531. The lowest BCUT2D eigenvalue weighted by atomic mass is 9.95. The predicted molar refractivity (Wildman–Crippen MR) is 162 cm³/mol. The number of esters is 1. The predicted octanol–water partition coefficient (Wildman–Crippen LogP) is 6.69. The van der Waals surface area contributed by atoms with Crippen molar-refractivity contribution in [2.24, 2.45) is 4.99 Å². The maximum atomic E-state index is 13.7. The van der Waals surface area contributed by atoms with Crippen molar-refractivity contribution in [3.63, 3.8) is 0 Å². The zero-order valence-corrected chi connectivity index (χ0v) is 24.2. The van der Waals surface area contributed by atoms with Crippen LogP contribution in [0.25, 0.3) is 6.08 Å². The molecule has 1 fully saturated rings. The van der Waals surface area contributed by atoms with E-state index in [4.69, 9.17) is 42.1 Å². The van der Waals surface area contributed by atoms with Crippen molar-refractivity contribution in [2.45, 2.75) is 25.3 Å². The Morgan fingerprint density at radius 1 is 1.05 bits per heavy atom. The molecule has 0 saturated carbocycles. The second-order valence-electron chi connectivity index (χ2n) is 9.91. The third kappa shape index (κ3) is 7.89. The average Bonchev–Trinajstić information content (AvgIpc) is 3.55. The number of carbonyl (C=O) groups excluding carboxylic acids is 1. The maximum absolute atomic E-state index is 13.7. The van der Waals surface area contributed by atoms with Crippen LogP contribution in [0.1, 0.15) is 42.2 Å². The van der Waals surface area contributed by atoms with E-state index < -0.39 is 12.0 Å². The lowest BCUT2D eigenvalue weighted by Gasteiger charge is -2.28. The van der Waals surface area contributed by atoms with Crippen molar-refractivity contribution >= 4 is 41.1 Å². The molecule has 1 aromatic heterocycles. The largest absolute Gasteiger partial charge is 0.461 e. The number of nitrogens with zero attached hydrogens (tertiary/aromatic N) is 2. The zero-order valence-electron chi connectivity index (χ0n) is 22.7. The number of furan rings is 1. The molecule has 5 rings (SSSR count). The van der Waals surface area contributed by atoms with Crippen molar-refractivity contribution in [2.75, 3.05) is 39.5 Å². The number of amidine groups is 1. The number of likely N-dealkylation sites (tertiary alicyclic amines) is 1. The summed E-state index contributed by atoms with van der Waals surface area (Å²) in [4.78, 5) is 20.9. The van der Waals surface area contributed by atoms with Crippen LogP contribution in [0.4, 0.5) is 0 Å². The van der Waals surface area contributed by atoms with Crippen LogP contribution in [0, 0.1) is 0 Å². The monoisotopic (exact) mass is 593 g/mol. The summed E-state index contributed by atoms with van der Waals surface area (Å²) in [6.45, 7) is 3.84. The number of carbonyl (C=O) groups is 1. The van der Waals surface area contributed by atoms with E-state index in [1.807, 2.05) is 54.6 Å². The highest BCUT2D eigenvalue weighted by atomic mass is 35.5. The average molecular weight is 595 g/mol. The minimum atomic E-state index is -0.711. The number of aliphatic imine (C=N–C) groups is 1. The summed E-state index contributed by atoms with van der Waals surface area (Å²) in [5, 5.41) is 4.07. The molecule has 2 aromatic carbocycles. The quantitative estimate of drug-likeness (QED) is 0.197. The van der Waals surface area contributed by atoms with Crippen molar-refractivity contribution in [1.82, 2.24) is 10.2 Å². The molecule has 7 nitrogen and oxygen atoms in total. The molecule has 1 atom stereocenters. The summed E-state index contributed by atoms with van der Waals surface area (Å²) in [6, 6.07) is 18.0. The van der Waals surface area contributed by atoms with Gasteiger partial charge in [-0.15, -0.1) is 0 Å². The molecular formula is C32H33Cl2N3O4. The van der Waals surface area contributed by atoms with Gasteiger partial charge in [-0.1, -0.05) is 72.1 Å². The summed E-state index contributed by atoms with van der Waals surface area (Å²) in [5.41, 5.74) is 2.64. The third-order valence-electron chi connectivity index (χ3n) is 7.03. The van der Waals surface area contributed by atoms with E-state index in [1.54, 1.807) is 24.5 Å². The van der Waals surface area contributed by atoms with Crippen molar-refractivity contribution in [3.05, 3.63) is 111 Å². The topological polar surface area (TPSA) is 76.3 Å². The molecule has 0 bridgehead atoms. The van der Waals surface area contributed by atoms with Crippen LogP contribution in [0.3, 0.4) is 0 Å². The fourth-order valence-corrected chi connectivity index (χ4v) is 5.22. The van der Waals surface area contributed by atoms with Crippen LogP contribution in [0.15, 0.2) is 93.7 Å². The van der Waals surface area contributed by atoms with Gasteiger partial charge in [0.25, 0.3) is 0 Å². The fraction of sp³-hybridized carbons (Fsp3) is 0.312. The van der Waals surface area contributed by atoms with Gasteiger partial charge in [0.05, 0.1) is 40.8 Å². The Hall–Kier alpha value is -3.36. The van der Waals surface area contributed by atoms with Gasteiger partial charge in [-0.05, 0) is 67.4 Å². The van der Waals surface area contributed by atoms with Gasteiger partial charge in [0.15, 0.2) is 11.6 Å². The van der Waals surface area contributed by atoms with Gasteiger partial charge in [0, 0.05) is 6.54 Å². The highest BCUT2D eigenvalue weighted by Crippen LogP contribution is 2.35. The normalized spacial score (nSPS) is 17.9. The van der Waals surface area contributed by atoms with E-state index in [-0.39, 0.29) is 13.2 Å². The first-order valence-electron chi connectivity index (χ1n) is 13.8. The SMILES string of the molecule is O=C(OCC=Cc1ccccc1)C1=C(COCCN2CCCCC2)NC(c2ccco2)=NC1c1ccc(Cl)c(Cl)c1. The van der Waals surface area contributed by atoms with Crippen LogP contribution in [0.5, 0.6) is 0 Å². The molecule has 1 saturated heterocycles. The van der Waals surface area contributed by atoms with E-state index in [1.165, 1.54) is 19.3 Å². The molecule has 41 heavy (non-hydrogen) atoms. The van der Waals surface area contributed by atoms with Gasteiger partial charge in [-0.2, -0.15) is 0 Å². The Labute approximate surface area is 250 Å². The first kappa shape index (κ1) is 29.1. The smallest absolute Gasteiger partial charge is 0.338 e. The van der Waals surface area contributed by atoms with E-state index in [9.17, 15) is 4.79 Å². The molecule has 1 unspecified atom stereocenters. The number of nitrogens with one attached hydrogen (secondary N) is 1. The standard InChI is InChI=1S/C32H33Cl2N3O4/c33-25-14-13-24(21-26(25)34)30-29(32(38)41-19-7-11-23-9-3-1-4-10-23)27(35-31(36-30)28-12-8-18-40-28)22-39-20-17-37-15-5-2-6-16-37/h1,3-4,7-14,18,21,30H,2,5-6,15-17,19-20,22H2,(H,35,36). The number of halogens is 2. The number of hydrogen-bond donors (Lipinski definition) is 1. The van der Waals surface area contributed by atoms with Gasteiger partial charge < -0.3 is 24.1 Å². The summed E-state index contributed by atoms with van der Waals surface area (Å²) in [6.07, 6.45) is 9.02. The van der Waals surface area contributed by atoms with Gasteiger partial charge in [-0.3, -0.25) is 4.99 Å². The van der Waals surface area contributed by atoms with Crippen molar-refractivity contribution in [1.29, 1.82) is 0 Å². The molecule has 9 heteroatoms. The summed E-state index contributed by atoms with van der Waals surface area (Å²) in [7, 11) is 0.